The zero-order chi connectivity index (χ0) is 49.3. The third kappa shape index (κ3) is 10.1. The largest absolute Gasteiger partial charge is 0.453 e. The van der Waals surface area contributed by atoms with Crippen LogP contribution in [0.2, 0.25) is 0 Å². The van der Waals surface area contributed by atoms with Crippen molar-refractivity contribution in [3.63, 3.8) is 0 Å². The number of nitrogens with zero attached hydrogens (tertiary/aromatic N) is 3. The number of rotatable bonds is 16. The average Bonchev–Trinajstić information content (AvgIpc) is 3.87. The summed E-state index contributed by atoms with van der Waals surface area (Å²) < 4.78 is 42.9. The predicted molar refractivity (Wildman–Crippen MR) is 260 cm³/mol. The second-order valence-electron chi connectivity index (χ2n) is 20.1. The lowest BCUT2D eigenvalue weighted by Gasteiger charge is -2.44. The first kappa shape index (κ1) is 49.9. The van der Waals surface area contributed by atoms with E-state index in [1.54, 1.807) is 31.2 Å². The number of allylic oxidation sites excluding steroid dienone is 1. The quantitative estimate of drug-likeness (QED) is 0.0865. The van der Waals surface area contributed by atoms with Crippen molar-refractivity contribution in [3.8, 4) is 11.1 Å². The van der Waals surface area contributed by atoms with E-state index in [1.165, 1.54) is 14.2 Å². The first-order chi connectivity index (χ1) is 32.3. The van der Waals surface area contributed by atoms with Crippen molar-refractivity contribution in [2.24, 2.45) is 17.3 Å². The molecule has 0 radical (unpaired) electrons. The molecule has 2 fully saturated rings. The van der Waals surface area contributed by atoms with Crippen LogP contribution < -0.4 is 16.0 Å². The van der Waals surface area contributed by atoms with E-state index in [9.17, 15) is 19.2 Å². The lowest BCUT2D eigenvalue weighted by atomic mass is 9.79. The first-order valence-electron chi connectivity index (χ1n) is 24.1. The van der Waals surface area contributed by atoms with Gasteiger partial charge in [0.05, 0.1) is 25.3 Å². The topological polar surface area (TPSA) is 158 Å². The Morgan fingerprint density at radius 3 is 2.19 bits per heavy atom. The molecular formula is C53H69F2N7O6. The number of alkyl carbamates (subject to hydrolysis) is 2. The number of hydrogen-bond acceptors (Lipinski definition) is 8. The van der Waals surface area contributed by atoms with Crippen LogP contribution >= 0.6 is 0 Å². The second-order valence-corrected chi connectivity index (χ2v) is 20.1. The van der Waals surface area contributed by atoms with Crippen molar-refractivity contribution in [2.45, 2.75) is 130 Å². The highest BCUT2D eigenvalue weighted by Crippen LogP contribution is 2.52. The number of aromatic amines is 1. The van der Waals surface area contributed by atoms with Gasteiger partial charge < -0.3 is 40.2 Å². The summed E-state index contributed by atoms with van der Waals surface area (Å²) in [4.78, 5) is 64.5. The Labute approximate surface area is 399 Å². The maximum absolute atomic E-state index is 16.7. The van der Waals surface area contributed by atoms with E-state index in [-0.39, 0.29) is 46.2 Å². The van der Waals surface area contributed by atoms with Crippen molar-refractivity contribution < 1.29 is 37.4 Å². The zero-order valence-electron chi connectivity index (χ0n) is 41.3. The van der Waals surface area contributed by atoms with Gasteiger partial charge in [0.2, 0.25) is 11.8 Å². The monoisotopic (exact) mass is 938 g/mol. The summed E-state index contributed by atoms with van der Waals surface area (Å²) in [6, 6.07) is 14.6. The van der Waals surface area contributed by atoms with Crippen molar-refractivity contribution in [2.75, 3.05) is 33.9 Å². The molecule has 13 nitrogen and oxygen atoms in total. The van der Waals surface area contributed by atoms with Gasteiger partial charge in [-0.3, -0.25) is 9.59 Å². The molecule has 2 aliphatic carbocycles. The summed E-state index contributed by atoms with van der Waals surface area (Å²) in [6.45, 7) is 17.0. The number of H-pyrrole nitrogens is 1. The molecule has 4 aromatic rings. The number of alkyl halides is 2. The highest BCUT2D eigenvalue weighted by molar-refractivity contribution is 5.87. The van der Waals surface area contributed by atoms with Crippen LogP contribution in [0.5, 0.6) is 0 Å². The van der Waals surface area contributed by atoms with Gasteiger partial charge in [0.1, 0.15) is 23.4 Å². The smallest absolute Gasteiger partial charge is 0.407 e. The summed E-state index contributed by atoms with van der Waals surface area (Å²) in [7, 11) is 2.54. The zero-order valence-corrected chi connectivity index (χ0v) is 41.3. The summed E-state index contributed by atoms with van der Waals surface area (Å²) in [5.74, 6) is -3.04. The van der Waals surface area contributed by atoms with E-state index >= 15 is 8.78 Å². The summed E-state index contributed by atoms with van der Waals surface area (Å²) >= 11 is 0. The predicted octanol–water partition coefficient (Wildman–Crippen LogP) is 9.62. The van der Waals surface area contributed by atoms with Gasteiger partial charge in [-0.05, 0) is 129 Å². The molecule has 2 unspecified atom stereocenters. The number of likely N-dealkylation sites (tertiary alicyclic amines) is 1. The van der Waals surface area contributed by atoms with Gasteiger partial charge in [-0.1, -0.05) is 76.9 Å². The van der Waals surface area contributed by atoms with Gasteiger partial charge in [-0.2, -0.15) is 8.78 Å². The van der Waals surface area contributed by atoms with Crippen LogP contribution in [0, 0.1) is 17.3 Å². The fourth-order valence-corrected chi connectivity index (χ4v) is 10.3. The molecule has 0 spiro atoms. The van der Waals surface area contributed by atoms with Crippen LogP contribution in [0.4, 0.5) is 18.4 Å². The molecule has 1 aliphatic heterocycles. The average molecular weight is 938 g/mol. The number of imidazole rings is 1. The molecule has 4 N–H and O–H groups in total. The third-order valence-electron chi connectivity index (χ3n) is 14.6. The first-order valence-corrected chi connectivity index (χ1v) is 24.1. The maximum Gasteiger partial charge on any atom is 0.407 e. The Morgan fingerprint density at radius 2 is 1.54 bits per heavy atom. The SMILES string of the molecule is C/C=C(\NC(C)CN(CC1(C)CC1)C(=O)[C@@H](NC(=O)OC)C(C)C)c1ccc2c(c1)C(F)(F)c1cc(Cc3ccc4nc(C5(C)[C@H](CC)CCCCN5C(=O)[C@H](C)NC(=O)OC)[nH]c4c3)ccc1-2. The third-order valence-corrected chi connectivity index (χ3v) is 14.6. The van der Waals surface area contributed by atoms with Gasteiger partial charge in [0.15, 0.2) is 0 Å². The molecule has 0 bridgehead atoms. The molecule has 68 heavy (non-hydrogen) atoms. The Morgan fingerprint density at radius 1 is 0.897 bits per heavy atom. The Bertz CT molecular complexity index is 2570. The highest BCUT2D eigenvalue weighted by Gasteiger charge is 2.48. The minimum absolute atomic E-state index is 0.00830. The Balaban J connectivity index is 1.08. The van der Waals surface area contributed by atoms with E-state index < -0.39 is 35.7 Å². The van der Waals surface area contributed by atoms with E-state index in [2.05, 4.69) is 41.7 Å². The fourth-order valence-electron chi connectivity index (χ4n) is 10.3. The lowest BCUT2D eigenvalue weighted by Crippen LogP contribution is -2.57. The minimum Gasteiger partial charge on any atom is -0.453 e. The minimum atomic E-state index is -3.25. The molecule has 3 aromatic carbocycles. The van der Waals surface area contributed by atoms with Crippen LogP contribution in [0.1, 0.15) is 128 Å². The maximum atomic E-state index is 16.7. The molecule has 1 saturated carbocycles. The summed E-state index contributed by atoms with van der Waals surface area (Å²) in [5, 5.41) is 8.85. The van der Waals surface area contributed by atoms with Gasteiger partial charge in [0.25, 0.3) is 5.92 Å². The van der Waals surface area contributed by atoms with Crippen LogP contribution in [0.3, 0.4) is 0 Å². The number of hydrogen-bond donors (Lipinski definition) is 4. The number of fused-ring (bicyclic) bond motifs is 4. The number of halogens is 2. The van der Waals surface area contributed by atoms with E-state index in [0.717, 1.165) is 60.7 Å². The fraction of sp³-hybridized carbons (Fsp3) is 0.528. The van der Waals surface area contributed by atoms with E-state index in [1.807, 2.05) is 73.9 Å². The molecule has 15 heteroatoms. The lowest BCUT2D eigenvalue weighted by molar-refractivity contribution is -0.142. The van der Waals surface area contributed by atoms with Crippen molar-refractivity contribution in [1.82, 2.24) is 35.7 Å². The molecule has 1 saturated heterocycles. The van der Waals surface area contributed by atoms with Crippen LogP contribution in [-0.4, -0.2) is 95.7 Å². The van der Waals surface area contributed by atoms with Crippen molar-refractivity contribution >= 4 is 40.7 Å². The number of nitrogens with one attached hydrogen (secondary N) is 4. The summed E-state index contributed by atoms with van der Waals surface area (Å²) in [5.41, 5.74) is 4.58. The van der Waals surface area contributed by atoms with Crippen LogP contribution in [0.25, 0.3) is 27.9 Å². The molecular weight excluding hydrogens is 869 g/mol. The number of ether oxygens (including phenoxy) is 2. The number of benzene rings is 3. The molecule has 366 valence electrons. The number of carbonyl (C=O) groups is 4. The number of methoxy groups -OCH3 is 2. The Kier molecular flexibility index (Phi) is 14.6. The normalized spacial score (nSPS) is 20.6. The van der Waals surface area contributed by atoms with Gasteiger partial charge in [0, 0.05) is 42.5 Å². The molecule has 4 amide bonds. The number of carbonyl (C=O) groups excluding carboxylic acids is 4. The van der Waals surface area contributed by atoms with E-state index in [4.69, 9.17) is 14.5 Å². The molecule has 2 heterocycles. The second kappa shape index (κ2) is 19.9. The van der Waals surface area contributed by atoms with Gasteiger partial charge in [-0.15, -0.1) is 0 Å². The molecule has 7 rings (SSSR count). The van der Waals surface area contributed by atoms with Gasteiger partial charge in [-0.25, -0.2) is 14.6 Å². The van der Waals surface area contributed by atoms with Gasteiger partial charge >= 0.3 is 12.2 Å². The Hall–Kier alpha value is -5.99. The highest BCUT2D eigenvalue weighted by atomic mass is 19.3. The molecule has 5 atom stereocenters. The van der Waals surface area contributed by atoms with Crippen molar-refractivity contribution in [1.29, 1.82) is 0 Å². The molecule has 1 aromatic heterocycles. The molecule has 3 aliphatic rings. The standard InChI is InChI=1S/C53H69F2N7O6/c1-11-37-15-13-14-24-62(46(63)33(6)57-49(65)67-9)52(37,8)48-58-43-21-17-35(27-44(43)59-48)25-34-16-19-38-39-20-18-36(28-41(39)53(54,55)40(38)26-34)42(12-2)56-32(5)29-61(30-51(7)22-23-51)47(64)45(31(3)4)60-50(66)68-10/h12,16-21,26-28,31-33,37,45,56H,11,13-15,22-25,29-30H2,1-10H3,(H,57,65)(H,58,59)(H,60,66)/b42-12-/t32?,33-,37+,45-,52?/m0/s1. The number of amides is 4. The van der Waals surface area contributed by atoms with Crippen LogP contribution in [0.15, 0.2) is 60.7 Å². The van der Waals surface area contributed by atoms with Crippen LogP contribution in [-0.2, 0) is 36.9 Å². The van der Waals surface area contributed by atoms with E-state index in [0.29, 0.717) is 54.3 Å². The number of aromatic nitrogens is 2. The summed E-state index contributed by atoms with van der Waals surface area (Å²) in [6.07, 6.45) is 6.48. The van der Waals surface area contributed by atoms with Crippen molar-refractivity contribution in [3.05, 3.63) is 94.3 Å².